The van der Waals surface area contributed by atoms with Crippen molar-refractivity contribution in [1.29, 1.82) is 0 Å². The highest BCUT2D eigenvalue weighted by Crippen LogP contribution is 2.27. The van der Waals surface area contributed by atoms with Gasteiger partial charge in [0.25, 0.3) is 0 Å². The summed E-state index contributed by atoms with van der Waals surface area (Å²) in [6.45, 7) is 4.27. The maximum absolute atomic E-state index is 13.2. The van der Waals surface area contributed by atoms with E-state index >= 15 is 0 Å². The zero-order valence-corrected chi connectivity index (χ0v) is 26.8. The van der Waals surface area contributed by atoms with Gasteiger partial charge in [0.05, 0.1) is 29.4 Å². The van der Waals surface area contributed by atoms with Crippen LogP contribution in [0.3, 0.4) is 0 Å². The summed E-state index contributed by atoms with van der Waals surface area (Å²) < 4.78 is 53.5. The van der Waals surface area contributed by atoms with Crippen LogP contribution in [-0.4, -0.2) is 73.6 Å². The molecule has 0 unspecified atom stereocenters. The standard InChI is InChI=1S/C33H32FN3O7S2/c1-22-18-29(23(2)37(22)26-6-5-7-27(19-26)46(41,42)36-14-16-43-17-15-36)30(38)20-44-33(40)28-8-3-4-9-31(28)45-21-32(39)35-25-12-10-24(34)11-13-25/h3-13,18-19H,14-17,20-21H2,1-2H3,(H,35,39). The molecule has 0 spiro atoms. The summed E-state index contributed by atoms with van der Waals surface area (Å²) in [6.07, 6.45) is 0. The molecule has 1 aliphatic rings. The molecular weight excluding hydrogens is 634 g/mol. The van der Waals surface area contributed by atoms with E-state index in [9.17, 15) is 27.2 Å². The third-order valence-electron chi connectivity index (χ3n) is 7.34. The highest BCUT2D eigenvalue weighted by atomic mass is 32.2. The van der Waals surface area contributed by atoms with Crippen LogP contribution in [0.4, 0.5) is 10.1 Å². The van der Waals surface area contributed by atoms with E-state index in [1.54, 1.807) is 73.0 Å². The molecule has 1 aliphatic heterocycles. The average molecular weight is 666 g/mol. The maximum atomic E-state index is 13.2. The Balaban J connectivity index is 1.24. The molecule has 2 heterocycles. The maximum Gasteiger partial charge on any atom is 0.339 e. The molecule has 240 valence electrons. The second-order valence-corrected chi connectivity index (χ2v) is 13.4. The van der Waals surface area contributed by atoms with E-state index in [1.165, 1.54) is 28.6 Å². The number of morpholine rings is 1. The second kappa shape index (κ2) is 14.4. The average Bonchev–Trinajstić information content (AvgIpc) is 3.37. The SMILES string of the molecule is Cc1cc(C(=O)COC(=O)c2ccccc2SCC(=O)Nc2ccc(F)cc2)c(C)n1-c1cccc(S(=O)(=O)N2CCOCC2)c1. The third kappa shape index (κ3) is 7.56. The predicted octanol–water partition coefficient (Wildman–Crippen LogP) is 5.02. The Morgan fingerprint density at radius 3 is 2.39 bits per heavy atom. The van der Waals surface area contributed by atoms with Gasteiger partial charge < -0.3 is 19.4 Å². The highest BCUT2D eigenvalue weighted by molar-refractivity contribution is 8.00. The van der Waals surface area contributed by atoms with Crippen LogP contribution in [0.25, 0.3) is 5.69 Å². The summed E-state index contributed by atoms with van der Waals surface area (Å²) in [5, 5.41) is 2.67. The van der Waals surface area contributed by atoms with E-state index < -0.39 is 34.2 Å². The number of aromatic nitrogens is 1. The van der Waals surface area contributed by atoms with E-state index in [2.05, 4.69) is 5.32 Å². The number of nitrogens with one attached hydrogen (secondary N) is 1. The number of anilines is 1. The fraction of sp³-hybridized carbons (Fsp3) is 0.242. The number of hydrogen-bond donors (Lipinski definition) is 1. The van der Waals surface area contributed by atoms with Crippen molar-refractivity contribution in [2.45, 2.75) is 23.6 Å². The number of nitrogens with zero attached hydrogens (tertiary/aromatic N) is 2. The molecule has 1 amide bonds. The van der Waals surface area contributed by atoms with Crippen LogP contribution in [0.15, 0.2) is 88.7 Å². The summed E-state index contributed by atoms with van der Waals surface area (Å²) >= 11 is 1.13. The number of amides is 1. The molecule has 4 aromatic rings. The van der Waals surface area contributed by atoms with Gasteiger partial charge in [-0.25, -0.2) is 17.6 Å². The number of rotatable bonds is 11. The first kappa shape index (κ1) is 33.1. The van der Waals surface area contributed by atoms with Crippen LogP contribution < -0.4 is 5.32 Å². The molecule has 46 heavy (non-hydrogen) atoms. The first-order valence-corrected chi connectivity index (χ1v) is 16.8. The Morgan fingerprint density at radius 2 is 1.65 bits per heavy atom. The molecule has 0 radical (unpaired) electrons. The van der Waals surface area contributed by atoms with Crippen LogP contribution in [-0.2, 0) is 24.3 Å². The molecule has 10 nitrogen and oxygen atoms in total. The number of hydrogen-bond acceptors (Lipinski definition) is 8. The van der Waals surface area contributed by atoms with Gasteiger partial charge in [0.15, 0.2) is 6.61 Å². The van der Waals surface area contributed by atoms with E-state index in [0.717, 1.165) is 11.8 Å². The summed E-state index contributed by atoms with van der Waals surface area (Å²) in [7, 11) is -3.72. The molecule has 1 N–H and O–H groups in total. The fourth-order valence-corrected chi connectivity index (χ4v) is 7.37. The number of sulfonamides is 1. The summed E-state index contributed by atoms with van der Waals surface area (Å²) in [5.41, 5.74) is 2.85. The van der Waals surface area contributed by atoms with Gasteiger partial charge in [-0.05, 0) is 74.5 Å². The molecule has 0 aliphatic carbocycles. The molecule has 1 fully saturated rings. The second-order valence-electron chi connectivity index (χ2n) is 10.5. The van der Waals surface area contributed by atoms with Gasteiger partial charge in [0, 0.05) is 46.3 Å². The van der Waals surface area contributed by atoms with Gasteiger partial charge in [-0.2, -0.15) is 4.31 Å². The minimum atomic E-state index is -3.72. The number of carbonyl (C=O) groups is 3. The quantitative estimate of drug-likeness (QED) is 0.135. The minimum absolute atomic E-state index is 0.0124. The number of halogens is 1. The van der Waals surface area contributed by atoms with Crippen molar-refractivity contribution in [3.05, 3.63) is 107 Å². The molecule has 0 bridgehead atoms. The summed E-state index contributed by atoms with van der Waals surface area (Å²) in [4.78, 5) is 39.3. The van der Waals surface area contributed by atoms with Crippen LogP contribution in [0.1, 0.15) is 32.1 Å². The predicted molar refractivity (Wildman–Crippen MR) is 172 cm³/mol. The molecule has 1 aromatic heterocycles. The lowest BCUT2D eigenvalue weighted by molar-refractivity contribution is -0.113. The van der Waals surface area contributed by atoms with Crippen LogP contribution in [0, 0.1) is 19.7 Å². The van der Waals surface area contributed by atoms with Gasteiger partial charge in [-0.1, -0.05) is 18.2 Å². The minimum Gasteiger partial charge on any atom is -0.454 e. The van der Waals surface area contributed by atoms with Crippen molar-refractivity contribution in [1.82, 2.24) is 8.87 Å². The van der Waals surface area contributed by atoms with Gasteiger partial charge in [-0.3, -0.25) is 9.59 Å². The number of Topliss-reactive ketones (excluding diaryl/α,β-unsaturated/α-hetero) is 1. The fourth-order valence-electron chi connectivity index (χ4n) is 5.08. The van der Waals surface area contributed by atoms with Crippen molar-refractivity contribution in [3.63, 3.8) is 0 Å². The molecule has 0 saturated carbocycles. The monoisotopic (exact) mass is 665 g/mol. The first-order chi connectivity index (χ1) is 22.0. The first-order valence-electron chi connectivity index (χ1n) is 14.4. The normalized spacial score (nSPS) is 13.7. The number of ether oxygens (including phenoxy) is 2. The number of esters is 1. The van der Waals surface area contributed by atoms with Gasteiger partial charge in [0.2, 0.25) is 21.7 Å². The van der Waals surface area contributed by atoms with E-state index in [0.29, 0.717) is 46.4 Å². The number of carbonyl (C=O) groups excluding carboxylic acids is 3. The van der Waals surface area contributed by atoms with E-state index in [1.807, 2.05) is 0 Å². The lowest BCUT2D eigenvalue weighted by Crippen LogP contribution is -2.40. The summed E-state index contributed by atoms with van der Waals surface area (Å²) in [5.74, 6) is -1.90. The number of ketones is 1. The van der Waals surface area contributed by atoms with Crippen LogP contribution >= 0.6 is 11.8 Å². The molecular formula is C33H32FN3O7S2. The molecule has 3 aromatic carbocycles. The van der Waals surface area contributed by atoms with E-state index in [4.69, 9.17) is 9.47 Å². The van der Waals surface area contributed by atoms with Crippen molar-refractivity contribution < 1.29 is 36.7 Å². The Labute approximate surface area is 270 Å². The Hall–Kier alpha value is -4.30. The Bertz CT molecular complexity index is 1870. The van der Waals surface area contributed by atoms with E-state index in [-0.39, 0.29) is 35.2 Å². The van der Waals surface area contributed by atoms with Crippen molar-refractivity contribution in [2.75, 3.05) is 44.0 Å². The van der Waals surface area contributed by atoms with Gasteiger partial charge in [0.1, 0.15) is 5.82 Å². The van der Waals surface area contributed by atoms with Crippen molar-refractivity contribution in [3.8, 4) is 5.69 Å². The lowest BCUT2D eigenvalue weighted by atomic mass is 10.1. The molecule has 13 heteroatoms. The third-order valence-corrected chi connectivity index (χ3v) is 10.3. The van der Waals surface area contributed by atoms with Crippen molar-refractivity contribution >= 4 is 45.1 Å². The topological polar surface area (TPSA) is 124 Å². The van der Waals surface area contributed by atoms with Crippen LogP contribution in [0.5, 0.6) is 0 Å². The zero-order chi connectivity index (χ0) is 32.8. The van der Waals surface area contributed by atoms with Crippen LogP contribution in [0.2, 0.25) is 0 Å². The number of thioether (sulfide) groups is 1. The van der Waals surface area contributed by atoms with Crippen molar-refractivity contribution in [2.24, 2.45) is 0 Å². The largest absolute Gasteiger partial charge is 0.454 e. The highest BCUT2D eigenvalue weighted by Gasteiger charge is 2.27. The molecule has 5 rings (SSSR count). The molecule has 1 saturated heterocycles. The zero-order valence-electron chi connectivity index (χ0n) is 25.2. The molecule has 0 atom stereocenters. The van der Waals surface area contributed by atoms with Gasteiger partial charge >= 0.3 is 5.97 Å². The number of benzene rings is 3. The van der Waals surface area contributed by atoms with Gasteiger partial charge in [-0.15, -0.1) is 11.8 Å². The summed E-state index contributed by atoms with van der Waals surface area (Å²) in [6, 6.07) is 20.2. The number of aryl methyl sites for hydroxylation is 1. The Kier molecular flexibility index (Phi) is 10.4. The Morgan fingerprint density at radius 1 is 0.935 bits per heavy atom. The lowest BCUT2D eigenvalue weighted by Gasteiger charge is -2.26. The smallest absolute Gasteiger partial charge is 0.339 e.